The van der Waals surface area contributed by atoms with E-state index in [-0.39, 0.29) is 12.1 Å². The minimum Gasteiger partial charge on any atom is -0.497 e. The monoisotopic (exact) mass is 587 g/mol. The van der Waals surface area contributed by atoms with Gasteiger partial charge in [-0.05, 0) is 71.0 Å². The fourth-order valence-electron chi connectivity index (χ4n) is 3.87. The van der Waals surface area contributed by atoms with E-state index < -0.39 is 35.7 Å². The lowest BCUT2D eigenvalue weighted by Crippen LogP contribution is -2.49. The Morgan fingerprint density at radius 1 is 1.11 bits per heavy atom. The van der Waals surface area contributed by atoms with E-state index in [1.807, 2.05) is 53.8 Å². The first-order valence-electron chi connectivity index (χ1n) is 10.9. The van der Waals surface area contributed by atoms with Gasteiger partial charge in [0.15, 0.2) is 0 Å². The summed E-state index contributed by atoms with van der Waals surface area (Å²) in [7, 11) is 1.53. The molecule has 7 nitrogen and oxygen atoms in total. The fraction of sp³-hybridized carbons (Fsp3) is 0.192. The lowest BCUT2D eigenvalue weighted by molar-refractivity contribution is -0.134. The van der Waals surface area contributed by atoms with Gasteiger partial charge in [-0.25, -0.2) is 14.1 Å². The zero-order valence-corrected chi connectivity index (χ0v) is 21.2. The Hall–Kier alpha value is -3.47. The number of benzene rings is 3. The highest BCUT2D eigenvalue weighted by molar-refractivity contribution is 14.1. The van der Waals surface area contributed by atoms with E-state index in [9.17, 15) is 18.8 Å². The fourth-order valence-corrected chi connectivity index (χ4v) is 4.32. The number of carbonyl (C=O) groups is 3. The van der Waals surface area contributed by atoms with Gasteiger partial charge in [0.05, 0.1) is 12.8 Å². The molecule has 2 unspecified atom stereocenters. The first-order chi connectivity index (χ1) is 16.8. The number of amides is 4. The summed E-state index contributed by atoms with van der Waals surface area (Å²) in [6.45, 7) is 1.93. The summed E-state index contributed by atoms with van der Waals surface area (Å²) < 4.78 is 20.3. The molecule has 3 aromatic rings. The van der Waals surface area contributed by atoms with E-state index in [1.54, 1.807) is 30.3 Å². The lowest BCUT2D eigenvalue weighted by Gasteiger charge is -2.25. The molecule has 2 N–H and O–H groups in total. The largest absolute Gasteiger partial charge is 0.497 e. The highest BCUT2D eigenvalue weighted by Gasteiger charge is 2.45. The van der Waals surface area contributed by atoms with Crippen LogP contribution in [0.5, 0.6) is 5.75 Å². The number of methoxy groups -OCH3 is 1. The molecule has 0 aliphatic carbocycles. The third-order valence-electron chi connectivity index (χ3n) is 5.77. The lowest BCUT2D eigenvalue weighted by atomic mass is 10.0. The maximum atomic E-state index is 14.4. The molecule has 3 aromatic carbocycles. The van der Waals surface area contributed by atoms with E-state index in [1.165, 1.54) is 19.2 Å². The highest BCUT2D eigenvalue weighted by Crippen LogP contribution is 2.27. The van der Waals surface area contributed by atoms with Crippen molar-refractivity contribution in [3.05, 3.63) is 92.8 Å². The van der Waals surface area contributed by atoms with Crippen molar-refractivity contribution in [2.24, 2.45) is 0 Å². The molecule has 4 rings (SSSR count). The van der Waals surface area contributed by atoms with Crippen LogP contribution in [0.25, 0.3) is 0 Å². The van der Waals surface area contributed by atoms with Crippen LogP contribution in [0.3, 0.4) is 0 Å². The van der Waals surface area contributed by atoms with Crippen molar-refractivity contribution in [1.82, 2.24) is 10.2 Å². The molecule has 1 aliphatic rings. The summed E-state index contributed by atoms with van der Waals surface area (Å²) in [6.07, 6.45) is 0.0760. The van der Waals surface area contributed by atoms with E-state index in [0.29, 0.717) is 14.9 Å². The number of anilines is 1. The predicted octanol–water partition coefficient (Wildman–Crippen LogP) is 4.59. The molecule has 1 heterocycles. The Kier molecular flexibility index (Phi) is 7.34. The van der Waals surface area contributed by atoms with Crippen molar-refractivity contribution in [1.29, 1.82) is 0 Å². The molecule has 1 saturated heterocycles. The van der Waals surface area contributed by atoms with E-state index in [0.717, 1.165) is 16.0 Å². The number of hydrogen-bond acceptors (Lipinski definition) is 4. The summed E-state index contributed by atoms with van der Waals surface area (Å²) in [5.41, 5.74) is 2.32. The van der Waals surface area contributed by atoms with Crippen LogP contribution in [0.15, 0.2) is 66.7 Å². The van der Waals surface area contributed by atoms with Crippen LogP contribution < -0.4 is 15.4 Å². The van der Waals surface area contributed by atoms with Gasteiger partial charge in [-0.2, -0.15) is 0 Å². The van der Waals surface area contributed by atoms with Crippen LogP contribution in [-0.4, -0.2) is 35.9 Å². The molecule has 0 bridgehead atoms. The number of hydrogen-bond donors (Lipinski definition) is 2. The first kappa shape index (κ1) is 24.6. The standard InChI is InChI=1S/C26H23FIN3O4/c1-15-3-5-16(6-4-15)13-22(24(32)29-21-12-9-18(28)14-20(21)27)31-25(33)23(30-26(31)34)17-7-10-19(35-2)11-8-17/h3-12,14,22-23H,13H2,1-2H3,(H,29,32)(H,30,34). The van der Waals surface area contributed by atoms with Gasteiger partial charge in [0.2, 0.25) is 5.91 Å². The van der Waals surface area contributed by atoms with Crippen molar-refractivity contribution in [3.63, 3.8) is 0 Å². The molecule has 0 radical (unpaired) electrons. The number of halogens is 2. The summed E-state index contributed by atoms with van der Waals surface area (Å²) in [4.78, 5) is 40.6. The van der Waals surface area contributed by atoms with Gasteiger partial charge in [0.25, 0.3) is 5.91 Å². The van der Waals surface area contributed by atoms with Gasteiger partial charge in [-0.1, -0.05) is 42.0 Å². The van der Waals surface area contributed by atoms with Gasteiger partial charge in [0.1, 0.15) is 23.7 Å². The maximum absolute atomic E-state index is 14.4. The summed E-state index contributed by atoms with van der Waals surface area (Å²) in [6, 6.07) is 15.7. The summed E-state index contributed by atoms with van der Waals surface area (Å²) >= 11 is 1.97. The Bertz CT molecular complexity index is 1260. The number of imide groups is 1. The number of ether oxygens (including phenoxy) is 1. The molecule has 35 heavy (non-hydrogen) atoms. The average molecular weight is 587 g/mol. The highest BCUT2D eigenvalue weighted by atomic mass is 127. The van der Waals surface area contributed by atoms with Gasteiger partial charge in [-0.3, -0.25) is 9.59 Å². The van der Waals surface area contributed by atoms with Gasteiger partial charge in [-0.15, -0.1) is 0 Å². The third-order valence-corrected chi connectivity index (χ3v) is 6.44. The molecular formula is C26H23FIN3O4. The predicted molar refractivity (Wildman–Crippen MR) is 138 cm³/mol. The number of rotatable bonds is 7. The van der Waals surface area contributed by atoms with Crippen molar-refractivity contribution in [2.75, 3.05) is 12.4 Å². The SMILES string of the molecule is COc1ccc(C2NC(=O)N(C(Cc3ccc(C)cc3)C(=O)Nc3ccc(I)cc3F)C2=O)cc1. The topological polar surface area (TPSA) is 87.7 Å². The third kappa shape index (κ3) is 5.45. The molecule has 0 saturated carbocycles. The second kappa shape index (κ2) is 10.4. The zero-order chi connectivity index (χ0) is 25.1. The molecule has 0 aromatic heterocycles. The van der Waals surface area contributed by atoms with Crippen LogP contribution in [0, 0.1) is 16.3 Å². The van der Waals surface area contributed by atoms with Crippen molar-refractivity contribution in [3.8, 4) is 5.75 Å². The minimum atomic E-state index is -1.19. The molecule has 4 amide bonds. The van der Waals surface area contributed by atoms with E-state index in [4.69, 9.17) is 4.74 Å². The van der Waals surface area contributed by atoms with Crippen LogP contribution in [0.4, 0.5) is 14.9 Å². The number of aryl methyl sites for hydroxylation is 1. The maximum Gasteiger partial charge on any atom is 0.325 e. The van der Waals surface area contributed by atoms with E-state index >= 15 is 0 Å². The zero-order valence-electron chi connectivity index (χ0n) is 19.0. The molecular weight excluding hydrogens is 564 g/mol. The number of carbonyl (C=O) groups excluding carboxylic acids is 3. The van der Waals surface area contributed by atoms with Crippen LogP contribution >= 0.6 is 22.6 Å². The quantitative estimate of drug-likeness (QED) is 0.313. The molecule has 1 aliphatic heterocycles. The van der Waals surface area contributed by atoms with Crippen LogP contribution in [-0.2, 0) is 16.0 Å². The Labute approximate surface area is 215 Å². The first-order valence-corrected chi connectivity index (χ1v) is 11.9. The van der Waals surface area contributed by atoms with Gasteiger partial charge in [0, 0.05) is 9.99 Å². The number of nitrogens with zero attached hydrogens (tertiary/aromatic N) is 1. The molecule has 180 valence electrons. The normalized spacial score (nSPS) is 16.1. The molecule has 0 spiro atoms. The second-order valence-electron chi connectivity index (χ2n) is 8.18. The Morgan fingerprint density at radius 3 is 2.43 bits per heavy atom. The molecule has 9 heteroatoms. The van der Waals surface area contributed by atoms with Gasteiger partial charge >= 0.3 is 6.03 Å². The number of nitrogens with one attached hydrogen (secondary N) is 2. The smallest absolute Gasteiger partial charge is 0.325 e. The second-order valence-corrected chi connectivity index (χ2v) is 9.43. The van der Waals surface area contributed by atoms with Crippen molar-refractivity contribution < 1.29 is 23.5 Å². The minimum absolute atomic E-state index is 0.0249. The Morgan fingerprint density at radius 2 is 1.80 bits per heavy atom. The molecule has 2 atom stereocenters. The van der Waals surface area contributed by atoms with Gasteiger partial charge < -0.3 is 15.4 Å². The van der Waals surface area contributed by atoms with Crippen LogP contribution in [0.2, 0.25) is 0 Å². The Balaban J connectivity index is 1.64. The van der Waals surface area contributed by atoms with Crippen molar-refractivity contribution in [2.45, 2.75) is 25.4 Å². The molecule has 1 fully saturated rings. The summed E-state index contributed by atoms with van der Waals surface area (Å²) in [5.74, 6) is -1.22. The average Bonchev–Trinajstić information content (AvgIpc) is 3.14. The van der Waals surface area contributed by atoms with Crippen molar-refractivity contribution >= 4 is 46.1 Å². The number of urea groups is 1. The summed E-state index contributed by atoms with van der Waals surface area (Å²) in [5, 5.41) is 5.21. The van der Waals surface area contributed by atoms with E-state index in [2.05, 4.69) is 10.6 Å². The van der Waals surface area contributed by atoms with Crippen LogP contribution in [0.1, 0.15) is 22.7 Å².